The van der Waals surface area contributed by atoms with Crippen molar-refractivity contribution in [1.82, 2.24) is 5.32 Å². The standard InChI is InChI=1S/C19H21ClN2O2/c1-11(2)21-19(24)17-14(6-5-7-15(17)20)18(23)22-16-9-8-12(3)10-13(16)4/h5-11H,1-4H3,(H,21,24)(H,22,23). The Kier molecular flexibility index (Phi) is 5.62. The third-order valence-corrected chi connectivity index (χ3v) is 3.85. The number of nitrogens with one attached hydrogen (secondary N) is 2. The van der Waals surface area contributed by atoms with E-state index in [9.17, 15) is 9.59 Å². The summed E-state index contributed by atoms with van der Waals surface area (Å²) < 4.78 is 0. The number of halogens is 1. The molecule has 4 nitrogen and oxygen atoms in total. The Labute approximate surface area is 147 Å². The van der Waals surface area contributed by atoms with Crippen molar-refractivity contribution in [1.29, 1.82) is 0 Å². The van der Waals surface area contributed by atoms with Crippen LogP contribution in [0.25, 0.3) is 0 Å². The van der Waals surface area contributed by atoms with E-state index >= 15 is 0 Å². The van der Waals surface area contributed by atoms with E-state index < -0.39 is 0 Å². The second kappa shape index (κ2) is 7.49. The lowest BCUT2D eigenvalue weighted by Crippen LogP contribution is -2.32. The van der Waals surface area contributed by atoms with Crippen molar-refractivity contribution in [2.24, 2.45) is 0 Å². The van der Waals surface area contributed by atoms with Gasteiger partial charge in [-0.05, 0) is 51.5 Å². The number of benzene rings is 2. The first-order chi connectivity index (χ1) is 11.3. The second-order valence-electron chi connectivity index (χ2n) is 6.06. The molecule has 2 N–H and O–H groups in total. The van der Waals surface area contributed by atoms with Crippen molar-refractivity contribution >= 4 is 29.1 Å². The number of carbonyl (C=O) groups is 2. The molecule has 0 spiro atoms. The first-order valence-electron chi connectivity index (χ1n) is 7.77. The van der Waals surface area contributed by atoms with Crippen molar-refractivity contribution in [3.63, 3.8) is 0 Å². The maximum Gasteiger partial charge on any atom is 0.256 e. The van der Waals surface area contributed by atoms with Gasteiger partial charge in [-0.1, -0.05) is 35.4 Å². The Bertz CT molecular complexity index is 785. The van der Waals surface area contributed by atoms with Crippen molar-refractivity contribution < 1.29 is 9.59 Å². The van der Waals surface area contributed by atoms with Gasteiger partial charge in [0.1, 0.15) is 0 Å². The molecule has 0 aromatic heterocycles. The molecule has 0 aliphatic rings. The highest BCUT2D eigenvalue weighted by Crippen LogP contribution is 2.23. The van der Waals surface area contributed by atoms with Gasteiger partial charge in [0.05, 0.1) is 16.1 Å². The smallest absolute Gasteiger partial charge is 0.256 e. The first-order valence-corrected chi connectivity index (χ1v) is 8.15. The molecule has 2 amide bonds. The summed E-state index contributed by atoms with van der Waals surface area (Å²) in [5.41, 5.74) is 3.22. The molecule has 24 heavy (non-hydrogen) atoms. The Hall–Kier alpha value is -2.33. The van der Waals surface area contributed by atoms with Gasteiger partial charge in [-0.2, -0.15) is 0 Å². The van der Waals surface area contributed by atoms with Crippen LogP contribution in [0, 0.1) is 13.8 Å². The van der Waals surface area contributed by atoms with Gasteiger partial charge in [0.15, 0.2) is 0 Å². The summed E-state index contributed by atoms with van der Waals surface area (Å²) in [4.78, 5) is 25.1. The number of anilines is 1. The van der Waals surface area contributed by atoms with Crippen LogP contribution in [0.1, 0.15) is 45.7 Å². The molecule has 0 aliphatic carbocycles. The van der Waals surface area contributed by atoms with Gasteiger partial charge in [-0.25, -0.2) is 0 Å². The van der Waals surface area contributed by atoms with Gasteiger partial charge < -0.3 is 10.6 Å². The molecule has 0 radical (unpaired) electrons. The number of carbonyl (C=O) groups excluding carboxylic acids is 2. The average Bonchev–Trinajstić information content (AvgIpc) is 2.48. The fraction of sp³-hybridized carbons (Fsp3) is 0.263. The van der Waals surface area contributed by atoms with Crippen LogP contribution < -0.4 is 10.6 Å². The predicted molar refractivity (Wildman–Crippen MR) is 97.9 cm³/mol. The van der Waals surface area contributed by atoms with Crippen molar-refractivity contribution in [3.8, 4) is 0 Å². The van der Waals surface area contributed by atoms with Gasteiger partial charge in [-0.3, -0.25) is 9.59 Å². The van der Waals surface area contributed by atoms with E-state index in [-0.39, 0.29) is 34.0 Å². The highest BCUT2D eigenvalue weighted by molar-refractivity contribution is 6.35. The number of hydrogen-bond donors (Lipinski definition) is 2. The quantitative estimate of drug-likeness (QED) is 0.866. The molecule has 0 atom stereocenters. The van der Waals surface area contributed by atoms with Crippen LogP contribution in [0.2, 0.25) is 5.02 Å². The molecule has 2 aromatic rings. The minimum atomic E-state index is -0.363. The maximum absolute atomic E-state index is 12.7. The molecule has 2 rings (SSSR count). The van der Waals surface area contributed by atoms with Gasteiger partial charge in [0.25, 0.3) is 11.8 Å². The molecule has 0 heterocycles. The molecule has 0 aliphatic heterocycles. The van der Waals surface area contributed by atoms with Crippen molar-refractivity contribution in [2.75, 3.05) is 5.32 Å². The molecule has 0 unspecified atom stereocenters. The maximum atomic E-state index is 12.7. The molecule has 0 bridgehead atoms. The lowest BCUT2D eigenvalue weighted by Gasteiger charge is -2.14. The molecule has 2 aromatic carbocycles. The van der Waals surface area contributed by atoms with Crippen LogP contribution in [0.15, 0.2) is 36.4 Å². The van der Waals surface area contributed by atoms with Gasteiger partial charge in [0, 0.05) is 11.7 Å². The van der Waals surface area contributed by atoms with Crippen LogP contribution >= 0.6 is 11.6 Å². The fourth-order valence-electron chi connectivity index (χ4n) is 2.42. The third kappa shape index (κ3) is 4.15. The topological polar surface area (TPSA) is 58.2 Å². The molecule has 0 fully saturated rings. The average molecular weight is 345 g/mol. The number of hydrogen-bond acceptors (Lipinski definition) is 2. The fourth-order valence-corrected chi connectivity index (χ4v) is 2.68. The Morgan fingerprint density at radius 3 is 2.38 bits per heavy atom. The van der Waals surface area contributed by atoms with Gasteiger partial charge in [-0.15, -0.1) is 0 Å². The molecule has 5 heteroatoms. The molecular formula is C19H21ClN2O2. The second-order valence-corrected chi connectivity index (χ2v) is 6.47. The lowest BCUT2D eigenvalue weighted by molar-refractivity contribution is 0.0931. The predicted octanol–water partition coefficient (Wildman–Crippen LogP) is 4.35. The van der Waals surface area contributed by atoms with Gasteiger partial charge in [0.2, 0.25) is 0 Å². The monoisotopic (exact) mass is 344 g/mol. The van der Waals surface area contributed by atoms with E-state index in [0.717, 1.165) is 11.1 Å². The van der Waals surface area contributed by atoms with Crippen LogP contribution in [-0.2, 0) is 0 Å². The summed E-state index contributed by atoms with van der Waals surface area (Å²) in [6.07, 6.45) is 0. The van der Waals surface area contributed by atoms with E-state index in [1.807, 2.05) is 45.9 Å². The highest BCUT2D eigenvalue weighted by Gasteiger charge is 2.21. The third-order valence-electron chi connectivity index (χ3n) is 3.54. The summed E-state index contributed by atoms with van der Waals surface area (Å²) in [5.74, 6) is -0.722. The van der Waals surface area contributed by atoms with E-state index in [2.05, 4.69) is 10.6 Å². The summed E-state index contributed by atoms with van der Waals surface area (Å²) in [6, 6.07) is 10.6. The van der Waals surface area contributed by atoms with Crippen molar-refractivity contribution in [2.45, 2.75) is 33.7 Å². The number of amides is 2. The number of aryl methyl sites for hydroxylation is 2. The molecule has 0 saturated carbocycles. The zero-order chi connectivity index (χ0) is 17.9. The molecule has 0 saturated heterocycles. The summed E-state index contributed by atoms with van der Waals surface area (Å²) >= 11 is 6.17. The number of rotatable bonds is 4. The van der Waals surface area contributed by atoms with Crippen LogP contribution in [-0.4, -0.2) is 17.9 Å². The van der Waals surface area contributed by atoms with Crippen molar-refractivity contribution in [3.05, 3.63) is 63.7 Å². The zero-order valence-corrected chi connectivity index (χ0v) is 15.0. The van der Waals surface area contributed by atoms with E-state index in [4.69, 9.17) is 11.6 Å². The molecular weight excluding hydrogens is 324 g/mol. The summed E-state index contributed by atoms with van der Waals surface area (Å²) in [5, 5.41) is 5.88. The van der Waals surface area contributed by atoms with Gasteiger partial charge >= 0.3 is 0 Å². The van der Waals surface area contributed by atoms with Crippen LogP contribution in [0.4, 0.5) is 5.69 Å². The first kappa shape index (κ1) is 18.0. The van der Waals surface area contributed by atoms with E-state index in [1.54, 1.807) is 18.2 Å². The SMILES string of the molecule is Cc1ccc(NC(=O)c2cccc(Cl)c2C(=O)NC(C)C)c(C)c1. The Balaban J connectivity index is 2.35. The largest absolute Gasteiger partial charge is 0.350 e. The Morgan fingerprint density at radius 1 is 1.04 bits per heavy atom. The molecule has 126 valence electrons. The highest BCUT2D eigenvalue weighted by atomic mass is 35.5. The minimum absolute atomic E-state index is 0.0518. The van der Waals surface area contributed by atoms with Crippen LogP contribution in [0.5, 0.6) is 0 Å². The van der Waals surface area contributed by atoms with Crippen LogP contribution in [0.3, 0.4) is 0 Å². The zero-order valence-electron chi connectivity index (χ0n) is 14.2. The normalized spacial score (nSPS) is 10.6. The van der Waals surface area contributed by atoms with E-state index in [0.29, 0.717) is 5.69 Å². The summed E-state index contributed by atoms with van der Waals surface area (Å²) in [7, 11) is 0. The minimum Gasteiger partial charge on any atom is -0.350 e. The van der Waals surface area contributed by atoms with E-state index in [1.165, 1.54) is 0 Å². The Morgan fingerprint density at radius 2 is 1.75 bits per heavy atom. The lowest BCUT2D eigenvalue weighted by atomic mass is 10.0. The summed E-state index contributed by atoms with van der Waals surface area (Å²) in [6.45, 7) is 7.62.